The van der Waals surface area contributed by atoms with Crippen LogP contribution in [0.5, 0.6) is 0 Å². The molecule has 2 N–H and O–H groups in total. The molecule has 0 aliphatic carbocycles. The lowest BCUT2D eigenvalue weighted by Crippen LogP contribution is -2.32. The Bertz CT molecular complexity index is 654. The second kappa shape index (κ2) is 5.05. The molecular formula is C13H19N3O3S. The highest BCUT2D eigenvalue weighted by atomic mass is 32.1. The van der Waals surface area contributed by atoms with Crippen LogP contribution in [0.4, 0.5) is 4.79 Å². The topological polar surface area (TPSA) is 78.3 Å². The van der Waals surface area contributed by atoms with Gasteiger partial charge in [0.1, 0.15) is 0 Å². The molecule has 0 bridgehead atoms. The van der Waals surface area contributed by atoms with Crippen LogP contribution in [0.2, 0.25) is 0 Å². The van der Waals surface area contributed by atoms with Gasteiger partial charge in [-0.1, -0.05) is 0 Å². The van der Waals surface area contributed by atoms with E-state index < -0.39 is 6.09 Å². The van der Waals surface area contributed by atoms with Crippen LogP contribution < -0.4 is 5.56 Å². The Morgan fingerprint density at radius 2 is 1.90 bits per heavy atom. The average molecular weight is 297 g/mol. The molecule has 2 rings (SSSR count). The van der Waals surface area contributed by atoms with Gasteiger partial charge in [-0.05, 0) is 39.4 Å². The molecule has 0 atom stereocenters. The van der Waals surface area contributed by atoms with Crippen LogP contribution in [0.1, 0.15) is 32.0 Å². The number of carbonyl (C=O) groups is 1. The van der Waals surface area contributed by atoms with Crippen molar-refractivity contribution in [2.24, 2.45) is 0 Å². The number of rotatable bonds is 0. The van der Waals surface area contributed by atoms with Crippen molar-refractivity contribution in [1.82, 2.24) is 14.5 Å². The monoisotopic (exact) mass is 297 g/mol. The highest BCUT2D eigenvalue weighted by Gasteiger charge is 2.26. The maximum Gasteiger partial charge on any atom is 0.407 e. The Labute approximate surface area is 122 Å². The van der Waals surface area contributed by atoms with Gasteiger partial charge in [-0.25, -0.2) is 4.79 Å². The van der Waals surface area contributed by atoms with Crippen molar-refractivity contribution < 1.29 is 9.90 Å². The summed E-state index contributed by atoms with van der Waals surface area (Å²) in [5.74, 6) is 0. The SMILES string of the molecule is CC(C)(C)n1c2c(c(=O)[nH]c1=S)CCN(C(=O)O)CC2. The Morgan fingerprint density at radius 1 is 1.30 bits per heavy atom. The second-order valence-electron chi connectivity index (χ2n) is 5.96. The van der Waals surface area contributed by atoms with Gasteiger partial charge in [-0.2, -0.15) is 0 Å². The number of amides is 1. The highest BCUT2D eigenvalue weighted by molar-refractivity contribution is 7.71. The lowest BCUT2D eigenvalue weighted by Gasteiger charge is -2.28. The van der Waals surface area contributed by atoms with Crippen molar-refractivity contribution in [3.05, 3.63) is 26.4 Å². The molecule has 0 aromatic carbocycles. The third-order valence-corrected chi connectivity index (χ3v) is 3.79. The molecule has 20 heavy (non-hydrogen) atoms. The van der Waals surface area contributed by atoms with E-state index in [1.165, 1.54) is 4.90 Å². The Kier molecular flexibility index (Phi) is 3.73. The largest absolute Gasteiger partial charge is 0.465 e. The van der Waals surface area contributed by atoms with Gasteiger partial charge in [-0.15, -0.1) is 0 Å². The number of nitrogens with zero attached hydrogens (tertiary/aromatic N) is 2. The van der Waals surface area contributed by atoms with Gasteiger partial charge in [0.25, 0.3) is 5.56 Å². The fourth-order valence-electron chi connectivity index (χ4n) is 2.64. The third-order valence-electron chi connectivity index (χ3n) is 3.51. The summed E-state index contributed by atoms with van der Waals surface area (Å²) < 4.78 is 2.33. The summed E-state index contributed by atoms with van der Waals surface area (Å²) in [6, 6.07) is 0. The van der Waals surface area contributed by atoms with E-state index in [9.17, 15) is 9.59 Å². The van der Waals surface area contributed by atoms with Gasteiger partial charge in [0, 0.05) is 36.3 Å². The van der Waals surface area contributed by atoms with Gasteiger partial charge < -0.3 is 14.6 Å². The van der Waals surface area contributed by atoms with E-state index in [1.807, 2.05) is 25.3 Å². The zero-order valence-electron chi connectivity index (χ0n) is 11.9. The van der Waals surface area contributed by atoms with Gasteiger partial charge >= 0.3 is 6.09 Å². The van der Waals surface area contributed by atoms with Crippen LogP contribution in [0, 0.1) is 4.77 Å². The lowest BCUT2D eigenvalue weighted by atomic mass is 10.0. The van der Waals surface area contributed by atoms with Crippen molar-refractivity contribution in [1.29, 1.82) is 0 Å². The minimum absolute atomic E-state index is 0.197. The summed E-state index contributed by atoms with van der Waals surface area (Å²) in [5, 5.41) is 9.11. The minimum Gasteiger partial charge on any atom is -0.465 e. The van der Waals surface area contributed by atoms with Crippen LogP contribution in [0.15, 0.2) is 4.79 Å². The molecule has 1 aromatic heterocycles. The summed E-state index contributed by atoms with van der Waals surface area (Å²) in [4.78, 5) is 27.2. The van der Waals surface area contributed by atoms with Gasteiger partial charge in [0.05, 0.1) is 0 Å². The molecule has 0 radical (unpaired) electrons. The van der Waals surface area contributed by atoms with Crippen molar-refractivity contribution in [2.45, 2.75) is 39.2 Å². The molecule has 0 fully saturated rings. The standard InChI is InChI=1S/C13H19N3O3S/c1-13(2,3)16-9-5-7-15(12(18)19)6-4-8(9)10(17)14-11(16)20/h4-7H2,1-3H3,(H,18,19)(H,14,17,20). The predicted octanol–water partition coefficient (Wildman–Crippen LogP) is 1.74. The Hall–Kier alpha value is -1.63. The molecular weight excluding hydrogens is 278 g/mol. The Morgan fingerprint density at radius 3 is 2.45 bits per heavy atom. The maximum atomic E-state index is 12.1. The van der Waals surface area contributed by atoms with E-state index >= 15 is 0 Å². The van der Waals surface area contributed by atoms with Crippen LogP contribution in [-0.4, -0.2) is 38.7 Å². The van der Waals surface area contributed by atoms with E-state index in [1.54, 1.807) is 0 Å². The summed E-state index contributed by atoms with van der Waals surface area (Å²) >= 11 is 5.28. The van der Waals surface area contributed by atoms with Gasteiger partial charge in [0.2, 0.25) is 0 Å². The van der Waals surface area contributed by atoms with E-state index in [0.717, 1.165) is 5.69 Å². The molecule has 1 amide bonds. The average Bonchev–Trinajstić information content (AvgIpc) is 2.49. The van der Waals surface area contributed by atoms with Crippen LogP contribution in [0.3, 0.4) is 0 Å². The number of fused-ring (bicyclic) bond motifs is 1. The van der Waals surface area contributed by atoms with Crippen molar-refractivity contribution >= 4 is 18.3 Å². The first-order valence-corrected chi connectivity index (χ1v) is 6.98. The molecule has 1 aliphatic rings. The third kappa shape index (κ3) is 2.63. The van der Waals surface area contributed by atoms with E-state index in [2.05, 4.69) is 4.98 Å². The molecule has 6 nitrogen and oxygen atoms in total. The van der Waals surface area contributed by atoms with Crippen LogP contribution in [0.25, 0.3) is 0 Å². The molecule has 7 heteroatoms. The van der Waals surface area contributed by atoms with Gasteiger partial charge in [-0.3, -0.25) is 9.78 Å². The first-order chi connectivity index (χ1) is 9.21. The fourth-order valence-corrected chi connectivity index (χ4v) is 3.11. The number of hydrogen-bond donors (Lipinski definition) is 2. The van der Waals surface area contributed by atoms with Gasteiger partial charge in [0.15, 0.2) is 4.77 Å². The Balaban J connectivity index is 2.60. The predicted molar refractivity (Wildman–Crippen MR) is 77.9 cm³/mol. The molecule has 2 heterocycles. The maximum absolute atomic E-state index is 12.1. The molecule has 0 saturated carbocycles. The summed E-state index contributed by atoms with van der Waals surface area (Å²) in [6.45, 7) is 6.77. The zero-order chi connectivity index (χ0) is 15.1. The minimum atomic E-state index is -0.949. The molecule has 0 saturated heterocycles. The fraction of sp³-hybridized carbons (Fsp3) is 0.615. The second-order valence-corrected chi connectivity index (χ2v) is 6.35. The van der Waals surface area contributed by atoms with E-state index in [-0.39, 0.29) is 11.1 Å². The number of nitrogens with one attached hydrogen (secondary N) is 1. The smallest absolute Gasteiger partial charge is 0.407 e. The molecule has 1 aromatic rings. The number of carboxylic acid groups (broad SMARTS) is 1. The normalized spacial score (nSPS) is 15.7. The number of aromatic amines is 1. The number of aromatic nitrogens is 2. The zero-order valence-corrected chi connectivity index (χ0v) is 12.7. The van der Waals surface area contributed by atoms with E-state index in [0.29, 0.717) is 36.3 Å². The summed E-state index contributed by atoms with van der Waals surface area (Å²) in [5.41, 5.74) is 1.05. The molecule has 0 unspecified atom stereocenters. The summed E-state index contributed by atoms with van der Waals surface area (Å²) in [7, 11) is 0. The molecule has 1 aliphatic heterocycles. The number of hydrogen-bond acceptors (Lipinski definition) is 3. The lowest BCUT2D eigenvalue weighted by molar-refractivity contribution is 0.147. The summed E-state index contributed by atoms with van der Waals surface area (Å²) in [6.07, 6.45) is -0.0232. The van der Waals surface area contributed by atoms with Crippen molar-refractivity contribution in [3.63, 3.8) is 0 Å². The first-order valence-electron chi connectivity index (χ1n) is 6.57. The van der Waals surface area contributed by atoms with Crippen molar-refractivity contribution in [3.8, 4) is 0 Å². The van der Waals surface area contributed by atoms with E-state index in [4.69, 9.17) is 17.3 Å². The van der Waals surface area contributed by atoms with Crippen LogP contribution in [-0.2, 0) is 18.4 Å². The quantitative estimate of drug-likeness (QED) is 0.715. The number of H-pyrrole nitrogens is 1. The molecule has 0 spiro atoms. The van der Waals surface area contributed by atoms with Crippen molar-refractivity contribution in [2.75, 3.05) is 13.1 Å². The van der Waals surface area contributed by atoms with Crippen LogP contribution >= 0.6 is 12.2 Å². The molecule has 110 valence electrons. The first kappa shape index (κ1) is 14.8. The highest BCUT2D eigenvalue weighted by Crippen LogP contribution is 2.21.